The van der Waals surface area contributed by atoms with Crippen molar-refractivity contribution in [2.45, 2.75) is 32.2 Å². The lowest BCUT2D eigenvalue weighted by Crippen LogP contribution is -2.48. The fourth-order valence-electron chi connectivity index (χ4n) is 2.39. The van der Waals surface area contributed by atoms with E-state index in [0.29, 0.717) is 13.0 Å². The maximum absolute atomic E-state index is 13.7. The summed E-state index contributed by atoms with van der Waals surface area (Å²) in [5.74, 6) is -2.17. The van der Waals surface area contributed by atoms with Crippen molar-refractivity contribution in [3.05, 3.63) is 35.1 Å². The summed E-state index contributed by atoms with van der Waals surface area (Å²) in [5.41, 5.74) is 0.724. The SMILES string of the molecule is Cc1ccc(F)c(C(=O)N2CCCC[C@H]2C(=O)O)c1. The van der Waals surface area contributed by atoms with Crippen LogP contribution in [0.5, 0.6) is 0 Å². The minimum absolute atomic E-state index is 0.0480. The summed E-state index contributed by atoms with van der Waals surface area (Å²) in [6.07, 6.45) is 1.95. The summed E-state index contributed by atoms with van der Waals surface area (Å²) in [5, 5.41) is 9.14. The van der Waals surface area contributed by atoms with E-state index >= 15 is 0 Å². The van der Waals surface area contributed by atoms with E-state index in [9.17, 15) is 14.0 Å². The van der Waals surface area contributed by atoms with Crippen LogP contribution in [-0.2, 0) is 4.79 Å². The molecule has 0 saturated carbocycles. The van der Waals surface area contributed by atoms with Gasteiger partial charge in [-0.05, 0) is 38.3 Å². The Morgan fingerprint density at radius 2 is 2.11 bits per heavy atom. The minimum atomic E-state index is -1.03. The Balaban J connectivity index is 2.31. The second kappa shape index (κ2) is 5.38. The number of nitrogens with zero attached hydrogens (tertiary/aromatic N) is 1. The van der Waals surface area contributed by atoms with Crippen LogP contribution in [-0.4, -0.2) is 34.5 Å². The Morgan fingerprint density at radius 1 is 1.37 bits per heavy atom. The van der Waals surface area contributed by atoms with Crippen LogP contribution in [0.4, 0.5) is 4.39 Å². The molecule has 1 fully saturated rings. The van der Waals surface area contributed by atoms with Crippen LogP contribution in [0.15, 0.2) is 18.2 Å². The lowest BCUT2D eigenvalue weighted by Gasteiger charge is -2.33. The molecule has 4 nitrogen and oxygen atoms in total. The third kappa shape index (κ3) is 2.75. The monoisotopic (exact) mass is 265 g/mol. The van der Waals surface area contributed by atoms with Crippen LogP contribution in [0, 0.1) is 12.7 Å². The third-order valence-electron chi connectivity index (χ3n) is 3.40. The number of piperidine rings is 1. The quantitative estimate of drug-likeness (QED) is 0.892. The number of aliphatic carboxylic acids is 1. The van der Waals surface area contributed by atoms with Crippen molar-refractivity contribution in [3.63, 3.8) is 0 Å². The maximum atomic E-state index is 13.7. The van der Waals surface area contributed by atoms with Gasteiger partial charge in [0.15, 0.2) is 0 Å². The molecule has 1 aliphatic rings. The van der Waals surface area contributed by atoms with Gasteiger partial charge in [-0.15, -0.1) is 0 Å². The van der Waals surface area contributed by atoms with Gasteiger partial charge in [0.2, 0.25) is 0 Å². The summed E-state index contributed by atoms with van der Waals surface area (Å²) in [7, 11) is 0. The highest BCUT2D eigenvalue weighted by Gasteiger charge is 2.33. The molecule has 1 N–H and O–H groups in total. The molecular weight excluding hydrogens is 249 g/mol. The first-order valence-corrected chi connectivity index (χ1v) is 6.30. The van der Waals surface area contributed by atoms with Gasteiger partial charge in [0, 0.05) is 6.54 Å². The molecule has 2 rings (SSSR count). The molecule has 1 saturated heterocycles. The van der Waals surface area contributed by atoms with E-state index in [-0.39, 0.29) is 5.56 Å². The standard InChI is InChI=1S/C14H16FNO3/c1-9-5-6-11(15)10(8-9)13(17)16-7-3-2-4-12(16)14(18)19/h5-6,8,12H,2-4,7H2,1H3,(H,18,19)/t12-/m0/s1. The number of carbonyl (C=O) groups excluding carboxylic acids is 1. The zero-order valence-electron chi connectivity index (χ0n) is 10.7. The second-order valence-corrected chi connectivity index (χ2v) is 4.83. The van der Waals surface area contributed by atoms with Crippen molar-refractivity contribution < 1.29 is 19.1 Å². The van der Waals surface area contributed by atoms with Gasteiger partial charge in [0.25, 0.3) is 5.91 Å². The molecule has 0 radical (unpaired) electrons. The van der Waals surface area contributed by atoms with Gasteiger partial charge in [-0.3, -0.25) is 4.79 Å². The molecule has 1 amide bonds. The number of aryl methyl sites for hydroxylation is 1. The van der Waals surface area contributed by atoms with E-state index in [1.165, 1.54) is 17.0 Å². The Kier molecular flexibility index (Phi) is 3.83. The Labute approximate surface area is 110 Å². The first-order valence-electron chi connectivity index (χ1n) is 6.30. The van der Waals surface area contributed by atoms with E-state index in [0.717, 1.165) is 18.4 Å². The highest BCUT2D eigenvalue weighted by atomic mass is 19.1. The predicted molar refractivity (Wildman–Crippen MR) is 67.4 cm³/mol. The van der Waals surface area contributed by atoms with Gasteiger partial charge in [0.1, 0.15) is 11.9 Å². The molecule has 5 heteroatoms. The van der Waals surface area contributed by atoms with Crippen molar-refractivity contribution in [2.75, 3.05) is 6.54 Å². The van der Waals surface area contributed by atoms with Crippen LogP contribution >= 0.6 is 0 Å². The number of likely N-dealkylation sites (tertiary alicyclic amines) is 1. The van der Waals surface area contributed by atoms with Gasteiger partial charge in [-0.2, -0.15) is 0 Å². The Bertz CT molecular complexity index is 515. The van der Waals surface area contributed by atoms with E-state index in [4.69, 9.17) is 5.11 Å². The van der Waals surface area contributed by atoms with E-state index in [1.807, 2.05) is 0 Å². The molecule has 1 atom stereocenters. The van der Waals surface area contributed by atoms with Crippen molar-refractivity contribution >= 4 is 11.9 Å². The molecule has 0 aromatic heterocycles. The van der Waals surface area contributed by atoms with Crippen molar-refractivity contribution in [1.29, 1.82) is 0 Å². The Hall–Kier alpha value is -1.91. The van der Waals surface area contributed by atoms with Crippen LogP contribution in [0.3, 0.4) is 0 Å². The van der Waals surface area contributed by atoms with Crippen LogP contribution in [0.2, 0.25) is 0 Å². The van der Waals surface area contributed by atoms with Gasteiger partial charge >= 0.3 is 5.97 Å². The van der Waals surface area contributed by atoms with Crippen LogP contribution in [0.25, 0.3) is 0 Å². The average molecular weight is 265 g/mol. The van der Waals surface area contributed by atoms with Gasteiger partial charge in [-0.1, -0.05) is 11.6 Å². The molecule has 1 heterocycles. The normalized spacial score (nSPS) is 19.3. The first-order chi connectivity index (χ1) is 9.00. The molecule has 19 heavy (non-hydrogen) atoms. The molecule has 102 valence electrons. The van der Waals surface area contributed by atoms with Gasteiger partial charge in [0.05, 0.1) is 5.56 Å². The summed E-state index contributed by atoms with van der Waals surface area (Å²) in [6.45, 7) is 2.13. The third-order valence-corrected chi connectivity index (χ3v) is 3.40. The van der Waals surface area contributed by atoms with Gasteiger partial charge < -0.3 is 10.0 Å². The van der Waals surface area contributed by atoms with Crippen molar-refractivity contribution in [1.82, 2.24) is 4.90 Å². The molecule has 1 aliphatic heterocycles. The van der Waals surface area contributed by atoms with E-state index < -0.39 is 23.7 Å². The number of carboxylic acid groups (broad SMARTS) is 1. The maximum Gasteiger partial charge on any atom is 0.326 e. The lowest BCUT2D eigenvalue weighted by atomic mass is 10.0. The summed E-state index contributed by atoms with van der Waals surface area (Å²) < 4.78 is 13.7. The summed E-state index contributed by atoms with van der Waals surface area (Å²) >= 11 is 0. The first kappa shape index (κ1) is 13.5. The van der Waals surface area contributed by atoms with E-state index in [2.05, 4.69) is 0 Å². The van der Waals surface area contributed by atoms with Crippen molar-refractivity contribution in [3.8, 4) is 0 Å². The number of carbonyl (C=O) groups is 2. The summed E-state index contributed by atoms with van der Waals surface area (Å²) in [6, 6.07) is 3.44. The second-order valence-electron chi connectivity index (χ2n) is 4.83. The lowest BCUT2D eigenvalue weighted by molar-refractivity contribution is -0.143. The van der Waals surface area contributed by atoms with Crippen molar-refractivity contribution in [2.24, 2.45) is 0 Å². The predicted octanol–water partition coefficient (Wildman–Crippen LogP) is 2.21. The van der Waals surface area contributed by atoms with E-state index in [1.54, 1.807) is 13.0 Å². The van der Waals surface area contributed by atoms with Crippen LogP contribution < -0.4 is 0 Å². The Morgan fingerprint density at radius 3 is 2.79 bits per heavy atom. The zero-order valence-corrected chi connectivity index (χ0v) is 10.7. The number of rotatable bonds is 2. The fraction of sp³-hybridized carbons (Fsp3) is 0.429. The number of benzene rings is 1. The number of halogens is 1. The molecule has 0 bridgehead atoms. The molecule has 1 aromatic carbocycles. The molecule has 0 spiro atoms. The minimum Gasteiger partial charge on any atom is -0.480 e. The average Bonchev–Trinajstić information content (AvgIpc) is 2.40. The molecule has 0 unspecified atom stereocenters. The highest BCUT2D eigenvalue weighted by Crippen LogP contribution is 2.21. The van der Waals surface area contributed by atoms with Crippen LogP contribution in [0.1, 0.15) is 35.2 Å². The molecular formula is C14H16FNO3. The molecule has 0 aliphatic carbocycles. The number of hydrogen-bond acceptors (Lipinski definition) is 2. The largest absolute Gasteiger partial charge is 0.480 e. The highest BCUT2D eigenvalue weighted by molar-refractivity contribution is 5.97. The summed E-state index contributed by atoms with van der Waals surface area (Å²) in [4.78, 5) is 24.7. The smallest absolute Gasteiger partial charge is 0.326 e. The topological polar surface area (TPSA) is 57.6 Å². The fourth-order valence-corrected chi connectivity index (χ4v) is 2.39. The number of hydrogen-bond donors (Lipinski definition) is 1. The zero-order chi connectivity index (χ0) is 14.0. The molecule has 1 aromatic rings. The number of amides is 1. The van der Waals surface area contributed by atoms with Gasteiger partial charge in [-0.25, -0.2) is 9.18 Å². The number of carboxylic acids is 1.